The van der Waals surface area contributed by atoms with E-state index in [1.165, 1.54) is 28.8 Å². The van der Waals surface area contributed by atoms with Crippen LogP contribution in [0.15, 0.2) is 78.9 Å². The Hall–Kier alpha value is -2.74. The van der Waals surface area contributed by atoms with Crippen LogP contribution in [0.1, 0.15) is 29.0 Å². The van der Waals surface area contributed by atoms with Crippen LogP contribution in [-0.4, -0.2) is 19.7 Å². The molecule has 2 unspecified atom stereocenters. The highest BCUT2D eigenvalue weighted by Crippen LogP contribution is 2.37. The molecule has 4 rings (SSSR count). The first-order valence-corrected chi connectivity index (χ1v) is 9.74. The molecule has 0 spiro atoms. The topological polar surface area (TPSA) is 12.5 Å². The molecule has 3 aromatic rings. The molecule has 1 heterocycles. The molecule has 2 nitrogen and oxygen atoms in total. The summed E-state index contributed by atoms with van der Waals surface area (Å²) in [5.41, 5.74) is 5.46. The second kappa shape index (κ2) is 7.87. The molecule has 0 amide bonds. The lowest BCUT2D eigenvalue weighted by molar-refractivity contribution is 0.415. The third kappa shape index (κ3) is 4.00. The number of hydrogen-bond acceptors (Lipinski definition) is 2. The predicted octanol–water partition coefficient (Wildman–Crippen LogP) is 5.61. The molecule has 3 aromatic carbocycles. The van der Waals surface area contributed by atoms with Gasteiger partial charge in [0.1, 0.15) is 5.75 Å². The first-order chi connectivity index (χ1) is 13.2. The molecule has 0 N–H and O–H groups in total. The second-order valence-electron chi connectivity index (χ2n) is 7.54. The van der Waals surface area contributed by atoms with Gasteiger partial charge in [0.25, 0.3) is 0 Å². The molecule has 1 aliphatic rings. The van der Waals surface area contributed by atoms with Gasteiger partial charge in [-0.1, -0.05) is 60.2 Å². The van der Waals surface area contributed by atoms with E-state index in [9.17, 15) is 0 Å². The summed E-state index contributed by atoms with van der Waals surface area (Å²) in [5.74, 6) is 1.48. The lowest BCUT2D eigenvalue weighted by Crippen LogP contribution is -2.31. The number of aryl methyl sites for hydroxylation is 1. The molecule has 2 atom stereocenters. The predicted molar refractivity (Wildman–Crippen MR) is 113 cm³/mol. The van der Waals surface area contributed by atoms with Crippen LogP contribution in [0.25, 0.3) is 0 Å². The van der Waals surface area contributed by atoms with Gasteiger partial charge in [0.15, 0.2) is 0 Å². The lowest BCUT2D eigenvalue weighted by Gasteiger charge is -2.27. The van der Waals surface area contributed by atoms with Gasteiger partial charge in [0.05, 0.1) is 7.11 Å². The van der Waals surface area contributed by atoms with E-state index in [0.29, 0.717) is 12.0 Å². The van der Waals surface area contributed by atoms with Crippen LogP contribution in [0.2, 0.25) is 0 Å². The van der Waals surface area contributed by atoms with Crippen LogP contribution in [0, 0.1) is 6.92 Å². The summed E-state index contributed by atoms with van der Waals surface area (Å²) in [5, 5.41) is 0. The van der Waals surface area contributed by atoms with Crippen molar-refractivity contribution < 1.29 is 4.74 Å². The second-order valence-corrected chi connectivity index (χ2v) is 7.54. The Kier molecular flexibility index (Phi) is 5.15. The molecule has 0 aliphatic carbocycles. The largest absolute Gasteiger partial charge is 0.497 e. The molecule has 2 heteroatoms. The Balaban J connectivity index is 1.60. The van der Waals surface area contributed by atoms with Crippen molar-refractivity contribution in [1.82, 2.24) is 0 Å². The zero-order valence-corrected chi connectivity index (χ0v) is 16.1. The van der Waals surface area contributed by atoms with Gasteiger partial charge in [0, 0.05) is 24.2 Å². The summed E-state index contributed by atoms with van der Waals surface area (Å²) in [6.45, 7) is 3.21. The first-order valence-electron chi connectivity index (χ1n) is 9.74. The van der Waals surface area contributed by atoms with Crippen LogP contribution in [0.5, 0.6) is 5.75 Å². The van der Waals surface area contributed by atoms with Crippen LogP contribution in [0.3, 0.4) is 0 Å². The highest BCUT2D eigenvalue weighted by atomic mass is 16.5. The quantitative estimate of drug-likeness (QED) is 0.588. The van der Waals surface area contributed by atoms with Crippen molar-refractivity contribution in [2.75, 3.05) is 18.6 Å². The maximum atomic E-state index is 5.34. The van der Waals surface area contributed by atoms with Gasteiger partial charge in [-0.3, -0.25) is 0 Å². The summed E-state index contributed by atoms with van der Waals surface area (Å²) in [6, 6.07) is 28.9. The number of anilines is 1. The Labute approximate surface area is 162 Å². The van der Waals surface area contributed by atoms with Gasteiger partial charge in [-0.15, -0.1) is 0 Å². The first kappa shape index (κ1) is 17.7. The summed E-state index contributed by atoms with van der Waals surface area (Å²) in [6.07, 6.45) is 2.26. The minimum atomic E-state index is 0.506. The Bertz CT molecular complexity index is 855. The summed E-state index contributed by atoms with van der Waals surface area (Å²) in [7, 11) is 1.72. The van der Waals surface area contributed by atoms with Gasteiger partial charge in [-0.2, -0.15) is 0 Å². The molecule has 0 saturated carbocycles. The Morgan fingerprint density at radius 1 is 0.889 bits per heavy atom. The van der Waals surface area contributed by atoms with Gasteiger partial charge >= 0.3 is 0 Å². The minimum absolute atomic E-state index is 0.506. The maximum Gasteiger partial charge on any atom is 0.119 e. The van der Waals surface area contributed by atoms with E-state index in [-0.39, 0.29) is 0 Å². The number of nitrogens with zero attached hydrogens (tertiary/aromatic N) is 1. The average molecular weight is 357 g/mol. The van der Waals surface area contributed by atoms with Crippen molar-refractivity contribution >= 4 is 5.69 Å². The summed E-state index contributed by atoms with van der Waals surface area (Å²) < 4.78 is 5.34. The highest BCUT2D eigenvalue weighted by molar-refractivity contribution is 5.52. The molecule has 1 aliphatic heterocycles. The SMILES string of the molecule is COc1ccc(N2CC(c3ccccc3)CC2Cc2ccc(C)cc2)cc1. The number of ether oxygens (including phenoxy) is 1. The number of hydrogen-bond donors (Lipinski definition) is 0. The van der Waals surface area contributed by atoms with Crippen LogP contribution in [-0.2, 0) is 6.42 Å². The van der Waals surface area contributed by atoms with Crippen molar-refractivity contribution in [2.45, 2.75) is 31.7 Å². The molecule has 27 heavy (non-hydrogen) atoms. The fourth-order valence-corrected chi connectivity index (χ4v) is 4.16. The summed E-state index contributed by atoms with van der Waals surface area (Å²) >= 11 is 0. The Morgan fingerprint density at radius 3 is 2.26 bits per heavy atom. The van der Waals surface area contributed by atoms with Crippen LogP contribution >= 0.6 is 0 Å². The minimum Gasteiger partial charge on any atom is -0.497 e. The third-order valence-corrected chi connectivity index (χ3v) is 5.68. The number of methoxy groups -OCH3 is 1. The highest BCUT2D eigenvalue weighted by Gasteiger charge is 2.33. The standard InChI is InChI=1S/C25H27NO/c1-19-8-10-20(11-9-19)16-24-17-22(21-6-4-3-5-7-21)18-26(24)23-12-14-25(27-2)15-13-23/h3-15,22,24H,16-18H2,1-2H3. The average Bonchev–Trinajstić information content (AvgIpc) is 3.14. The van der Waals surface area contributed by atoms with Gasteiger partial charge in [-0.05, 0) is 55.2 Å². The molecular weight excluding hydrogens is 330 g/mol. The van der Waals surface area contributed by atoms with Crippen molar-refractivity contribution in [3.63, 3.8) is 0 Å². The number of benzene rings is 3. The Morgan fingerprint density at radius 2 is 1.59 bits per heavy atom. The fraction of sp³-hybridized carbons (Fsp3) is 0.280. The van der Waals surface area contributed by atoms with E-state index in [1.54, 1.807) is 7.11 Å². The van der Waals surface area contributed by atoms with Crippen LogP contribution < -0.4 is 9.64 Å². The van der Waals surface area contributed by atoms with E-state index in [4.69, 9.17) is 4.74 Å². The smallest absolute Gasteiger partial charge is 0.119 e. The molecule has 138 valence electrons. The third-order valence-electron chi connectivity index (χ3n) is 5.68. The molecule has 0 bridgehead atoms. The van der Waals surface area contributed by atoms with E-state index in [2.05, 4.69) is 90.7 Å². The molecule has 1 saturated heterocycles. The molecule has 1 fully saturated rings. The summed E-state index contributed by atoms with van der Waals surface area (Å²) in [4.78, 5) is 2.58. The van der Waals surface area contributed by atoms with Crippen molar-refractivity contribution in [2.24, 2.45) is 0 Å². The molecular formula is C25H27NO. The van der Waals surface area contributed by atoms with Gasteiger partial charge < -0.3 is 9.64 Å². The van der Waals surface area contributed by atoms with E-state index in [0.717, 1.165) is 18.7 Å². The zero-order valence-electron chi connectivity index (χ0n) is 16.1. The van der Waals surface area contributed by atoms with E-state index < -0.39 is 0 Å². The van der Waals surface area contributed by atoms with Gasteiger partial charge in [-0.25, -0.2) is 0 Å². The zero-order chi connectivity index (χ0) is 18.6. The van der Waals surface area contributed by atoms with Crippen molar-refractivity contribution in [1.29, 1.82) is 0 Å². The number of rotatable bonds is 5. The monoisotopic (exact) mass is 357 g/mol. The lowest BCUT2D eigenvalue weighted by atomic mass is 9.94. The van der Waals surface area contributed by atoms with Crippen molar-refractivity contribution in [3.8, 4) is 5.75 Å². The van der Waals surface area contributed by atoms with Crippen LogP contribution in [0.4, 0.5) is 5.69 Å². The maximum absolute atomic E-state index is 5.34. The van der Waals surface area contributed by atoms with E-state index in [1.807, 2.05) is 0 Å². The normalized spacial score (nSPS) is 19.3. The fourth-order valence-electron chi connectivity index (χ4n) is 4.16. The van der Waals surface area contributed by atoms with E-state index >= 15 is 0 Å². The molecule has 0 radical (unpaired) electrons. The van der Waals surface area contributed by atoms with Crippen molar-refractivity contribution in [3.05, 3.63) is 95.6 Å². The molecule has 0 aromatic heterocycles. The van der Waals surface area contributed by atoms with Gasteiger partial charge in [0.2, 0.25) is 0 Å².